The molecule has 1 fully saturated rings. The highest BCUT2D eigenvalue weighted by molar-refractivity contribution is 5.95. The number of anilines is 1. The fraction of sp³-hybridized carbons (Fsp3) is 0.562. The van der Waals surface area contributed by atoms with Crippen LogP contribution in [0.4, 0.5) is 5.69 Å². The molecule has 2 heterocycles. The molecular formula is C16H22N2O3. The second-order valence-corrected chi connectivity index (χ2v) is 5.81. The van der Waals surface area contributed by atoms with Crippen LogP contribution in [-0.4, -0.2) is 32.3 Å². The summed E-state index contributed by atoms with van der Waals surface area (Å²) in [4.78, 5) is 11.4. The van der Waals surface area contributed by atoms with E-state index in [1.165, 1.54) is 6.42 Å². The number of hydrogen-bond donors (Lipinski definition) is 2. The summed E-state index contributed by atoms with van der Waals surface area (Å²) in [5.74, 6) is 1.24. The Hall–Kier alpha value is -1.59. The molecule has 0 bridgehead atoms. The summed E-state index contributed by atoms with van der Waals surface area (Å²) in [7, 11) is 0. The number of nitrogens with one attached hydrogen (secondary N) is 2. The Balaban J connectivity index is 1.60. The van der Waals surface area contributed by atoms with E-state index in [4.69, 9.17) is 9.47 Å². The minimum absolute atomic E-state index is 0.0976. The Labute approximate surface area is 125 Å². The van der Waals surface area contributed by atoms with Gasteiger partial charge in [0.15, 0.2) is 6.61 Å². The van der Waals surface area contributed by atoms with E-state index in [1.807, 2.05) is 18.2 Å². The van der Waals surface area contributed by atoms with Crippen molar-refractivity contribution >= 4 is 11.6 Å². The fourth-order valence-electron chi connectivity index (χ4n) is 2.80. The standard InChI is InChI=1S/C16H22N2O3/c1-11(17-8-12-3-2-6-20-9-12)13-4-5-15-14(7-13)18-16(19)10-21-15/h4-5,7,11-12,17H,2-3,6,8-10H2,1H3,(H,18,19). The molecule has 2 aliphatic rings. The van der Waals surface area contributed by atoms with E-state index in [2.05, 4.69) is 17.6 Å². The van der Waals surface area contributed by atoms with Crippen LogP contribution in [-0.2, 0) is 9.53 Å². The van der Waals surface area contributed by atoms with Crippen molar-refractivity contribution in [2.24, 2.45) is 5.92 Å². The van der Waals surface area contributed by atoms with Crippen molar-refractivity contribution < 1.29 is 14.3 Å². The third kappa shape index (κ3) is 3.54. The number of amides is 1. The van der Waals surface area contributed by atoms with Gasteiger partial charge >= 0.3 is 0 Å². The van der Waals surface area contributed by atoms with E-state index < -0.39 is 0 Å². The molecule has 21 heavy (non-hydrogen) atoms. The van der Waals surface area contributed by atoms with E-state index in [-0.39, 0.29) is 18.6 Å². The van der Waals surface area contributed by atoms with Crippen molar-refractivity contribution in [1.82, 2.24) is 5.32 Å². The van der Waals surface area contributed by atoms with E-state index in [0.717, 1.165) is 43.2 Å². The number of rotatable bonds is 4. The molecule has 2 atom stereocenters. The minimum Gasteiger partial charge on any atom is -0.482 e. The molecule has 2 aliphatic heterocycles. The fourth-order valence-corrected chi connectivity index (χ4v) is 2.80. The van der Waals surface area contributed by atoms with Gasteiger partial charge in [-0.25, -0.2) is 0 Å². The maximum Gasteiger partial charge on any atom is 0.262 e. The first-order valence-corrected chi connectivity index (χ1v) is 7.60. The van der Waals surface area contributed by atoms with Crippen molar-refractivity contribution in [1.29, 1.82) is 0 Å². The Morgan fingerprint density at radius 2 is 2.38 bits per heavy atom. The maximum atomic E-state index is 11.4. The second-order valence-electron chi connectivity index (χ2n) is 5.81. The first kappa shape index (κ1) is 14.4. The zero-order valence-electron chi connectivity index (χ0n) is 12.4. The summed E-state index contributed by atoms with van der Waals surface area (Å²) in [5.41, 5.74) is 1.91. The van der Waals surface area contributed by atoms with Gasteiger partial charge in [0.2, 0.25) is 0 Å². The van der Waals surface area contributed by atoms with Crippen molar-refractivity contribution in [3.63, 3.8) is 0 Å². The number of carbonyl (C=O) groups excluding carboxylic acids is 1. The summed E-state index contributed by atoms with van der Waals surface area (Å²) in [6, 6.07) is 6.19. The lowest BCUT2D eigenvalue weighted by molar-refractivity contribution is -0.118. The lowest BCUT2D eigenvalue weighted by atomic mass is 10.0. The van der Waals surface area contributed by atoms with Crippen LogP contribution in [0.2, 0.25) is 0 Å². The van der Waals surface area contributed by atoms with E-state index >= 15 is 0 Å². The monoisotopic (exact) mass is 290 g/mol. The first-order valence-electron chi connectivity index (χ1n) is 7.60. The van der Waals surface area contributed by atoms with Gasteiger partial charge < -0.3 is 20.1 Å². The number of carbonyl (C=O) groups is 1. The van der Waals surface area contributed by atoms with Crippen LogP contribution in [0, 0.1) is 5.92 Å². The number of benzene rings is 1. The van der Waals surface area contributed by atoms with Gasteiger partial charge in [-0.2, -0.15) is 0 Å². The van der Waals surface area contributed by atoms with Gasteiger partial charge in [0, 0.05) is 19.2 Å². The van der Waals surface area contributed by atoms with Crippen LogP contribution in [0.5, 0.6) is 5.75 Å². The topological polar surface area (TPSA) is 59.6 Å². The molecule has 5 heteroatoms. The van der Waals surface area contributed by atoms with Gasteiger partial charge in [0.1, 0.15) is 5.75 Å². The smallest absolute Gasteiger partial charge is 0.262 e. The molecule has 1 amide bonds. The molecule has 2 unspecified atom stereocenters. The summed E-state index contributed by atoms with van der Waals surface area (Å²) < 4.78 is 10.9. The average molecular weight is 290 g/mol. The molecule has 0 aliphatic carbocycles. The lowest BCUT2D eigenvalue weighted by Crippen LogP contribution is -2.31. The van der Waals surface area contributed by atoms with Gasteiger partial charge in [-0.3, -0.25) is 4.79 Å². The van der Waals surface area contributed by atoms with Crippen molar-refractivity contribution in [3.8, 4) is 5.75 Å². The number of fused-ring (bicyclic) bond motifs is 1. The van der Waals surface area contributed by atoms with Gasteiger partial charge in [-0.15, -0.1) is 0 Å². The average Bonchev–Trinajstić information content (AvgIpc) is 2.53. The Bertz CT molecular complexity index is 512. The zero-order chi connectivity index (χ0) is 14.7. The van der Waals surface area contributed by atoms with Crippen molar-refractivity contribution in [3.05, 3.63) is 23.8 Å². The van der Waals surface area contributed by atoms with Gasteiger partial charge in [0.05, 0.1) is 12.3 Å². The predicted molar refractivity (Wildman–Crippen MR) is 80.5 cm³/mol. The maximum absolute atomic E-state index is 11.4. The lowest BCUT2D eigenvalue weighted by Gasteiger charge is -2.25. The third-order valence-electron chi connectivity index (χ3n) is 4.10. The molecule has 1 aromatic carbocycles. The van der Waals surface area contributed by atoms with E-state index in [0.29, 0.717) is 5.92 Å². The van der Waals surface area contributed by atoms with Gasteiger partial charge in [-0.1, -0.05) is 6.07 Å². The molecule has 3 rings (SSSR count). The number of ether oxygens (including phenoxy) is 2. The molecule has 0 radical (unpaired) electrons. The third-order valence-corrected chi connectivity index (χ3v) is 4.10. The van der Waals surface area contributed by atoms with Crippen LogP contribution >= 0.6 is 0 Å². The molecule has 1 aromatic rings. The molecule has 1 saturated heterocycles. The second kappa shape index (κ2) is 6.45. The summed E-state index contributed by atoms with van der Waals surface area (Å²) in [5, 5.41) is 6.40. The van der Waals surface area contributed by atoms with Crippen molar-refractivity contribution in [2.75, 3.05) is 31.7 Å². The molecule has 0 spiro atoms. The molecule has 5 nitrogen and oxygen atoms in total. The number of hydrogen-bond acceptors (Lipinski definition) is 4. The van der Waals surface area contributed by atoms with Crippen molar-refractivity contribution in [2.45, 2.75) is 25.8 Å². The van der Waals surface area contributed by atoms with Gasteiger partial charge in [0.25, 0.3) is 5.91 Å². The predicted octanol–water partition coefficient (Wildman–Crippen LogP) is 2.09. The first-order chi connectivity index (χ1) is 10.2. The van der Waals surface area contributed by atoms with Crippen LogP contribution in [0.15, 0.2) is 18.2 Å². The Morgan fingerprint density at radius 3 is 3.19 bits per heavy atom. The van der Waals surface area contributed by atoms with Gasteiger partial charge in [-0.05, 0) is 43.4 Å². The van der Waals surface area contributed by atoms with Crippen LogP contribution in [0.25, 0.3) is 0 Å². The van der Waals surface area contributed by atoms with E-state index in [1.54, 1.807) is 0 Å². The Morgan fingerprint density at radius 1 is 1.48 bits per heavy atom. The molecule has 2 N–H and O–H groups in total. The largest absolute Gasteiger partial charge is 0.482 e. The molecule has 0 saturated carbocycles. The van der Waals surface area contributed by atoms with Crippen LogP contribution < -0.4 is 15.4 Å². The molecular weight excluding hydrogens is 268 g/mol. The summed E-state index contributed by atoms with van der Waals surface area (Å²) >= 11 is 0. The normalized spacial score (nSPS) is 22.9. The minimum atomic E-state index is -0.0976. The van der Waals surface area contributed by atoms with Crippen LogP contribution in [0.3, 0.4) is 0 Å². The van der Waals surface area contributed by atoms with Crippen LogP contribution in [0.1, 0.15) is 31.4 Å². The molecule has 0 aromatic heterocycles. The summed E-state index contributed by atoms with van der Waals surface area (Å²) in [6.07, 6.45) is 2.39. The Kier molecular flexibility index (Phi) is 4.41. The molecule has 114 valence electrons. The SMILES string of the molecule is CC(NCC1CCCOC1)c1ccc2c(c1)NC(=O)CO2. The quantitative estimate of drug-likeness (QED) is 0.891. The highest BCUT2D eigenvalue weighted by atomic mass is 16.5. The highest BCUT2D eigenvalue weighted by Gasteiger charge is 2.18. The van der Waals surface area contributed by atoms with E-state index in [9.17, 15) is 4.79 Å². The summed E-state index contributed by atoms with van der Waals surface area (Å²) in [6.45, 7) is 4.95. The highest BCUT2D eigenvalue weighted by Crippen LogP contribution is 2.30. The zero-order valence-corrected chi connectivity index (χ0v) is 12.4.